The number of nitrogens with one attached hydrogen (secondary N) is 1. The summed E-state index contributed by atoms with van der Waals surface area (Å²) >= 11 is 0. The topological polar surface area (TPSA) is 25.2 Å². The minimum Gasteiger partial charge on any atom is -0.472 e. The molecule has 0 aliphatic heterocycles. The van der Waals surface area contributed by atoms with E-state index < -0.39 is 0 Å². The van der Waals surface area contributed by atoms with Crippen molar-refractivity contribution in [2.45, 2.75) is 31.7 Å². The van der Waals surface area contributed by atoms with E-state index in [0.717, 1.165) is 12.8 Å². The SMILES string of the molecule is CNC(CCCc1ccccc1)Cc1ccoc1. The lowest BCUT2D eigenvalue weighted by atomic mass is 10.0. The highest BCUT2D eigenvalue weighted by molar-refractivity contribution is 5.14. The van der Waals surface area contributed by atoms with Crippen LogP contribution in [0.1, 0.15) is 24.0 Å². The second kappa shape index (κ2) is 7.02. The summed E-state index contributed by atoms with van der Waals surface area (Å²) in [5.74, 6) is 0. The Morgan fingerprint density at radius 1 is 1.11 bits per heavy atom. The highest BCUT2D eigenvalue weighted by Crippen LogP contribution is 2.11. The van der Waals surface area contributed by atoms with Crippen LogP contribution in [0.5, 0.6) is 0 Å². The third-order valence-corrected chi connectivity index (χ3v) is 3.33. The van der Waals surface area contributed by atoms with E-state index in [0.29, 0.717) is 6.04 Å². The van der Waals surface area contributed by atoms with Crippen molar-refractivity contribution < 1.29 is 4.42 Å². The fourth-order valence-corrected chi connectivity index (χ4v) is 2.24. The van der Waals surface area contributed by atoms with Crippen LogP contribution in [0.3, 0.4) is 0 Å². The van der Waals surface area contributed by atoms with Crippen LogP contribution in [0.25, 0.3) is 0 Å². The Kier molecular flexibility index (Phi) is 5.03. The summed E-state index contributed by atoms with van der Waals surface area (Å²) < 4.78 is 5.11. The number of likely N-dealkylation sites (N-methyl/N-ethyl adjacent to an activating group) is 1. The second-order valence-electron chi connectivity index (χ2n) is 4.70. The fourth-order valence-electron chi connectivity index (χ4n) is 2.24. The van der Waals surface area contributed by atoms with E-state index in [1.165, 1.54) is 24.0 Å². The third-order valence-electron chi connectivity index (χ3n) is 3.33. The molecule has 0 fully saturated rings. The predicted octanol–water partition coefficient (Wildman–Crippen LogP) is 3.43. The molecule has 2 rings (SSSR count). The summed E-state index contributed by atoms with van der Waals surface area (Å²) in [6.07, 6.45) is 8.18. The number of rotatable bonds is 7. The molecule has 1 heterocycles. The zero-order valence-corrected chi connectivity index (χ0v) is 10.9. The molecule has 2 nitrogen and oxygen atoms in total. The molecule has 0 amide bonds. The lowest BCUT2D eigenvalue weighted by molar-refractivity contribution is 0.497. The molecule has 0 bridgehead atoms. The molecule has 0 aliphatic carbocycles. The summed E-state index contributed by atoms with van der Waals surface area (Å²) in [5.41, 5.74) is 2.70. The van der Waals surface area contributed by atoms with Crippen LogP contribution in [-0.2, 0) is 12.8 Å². The van der Waals surface area contributed by atoms with Gasteiger partial charge in [0.25, 0.3) is 0 Å². The zero-order chi connectivity index (χ0) is 12.6. The molecule has 0 radical (unpaired) electrons. The molecule has 0 saturated carbocycles. The molecule has 0 saturated heterocycles. The summed E-state index contributed by atoms with van der Waals surface area (Å²) in [5, 5.41) is 3.38. The first-order chi connectivity index (χ1) is 8.88. The molecule has 1 atom stereocenters. The second-order valence-corrected chi connectivity index (χ2v) is 4.70. The van der Waals surface area contributed by atoms with Gasteiger partial charge in [0.1, 0.15) is 0 Å². The predicted molar refractivity (Wildman–Crippen MR) is 74.6 cm³/mol. The zero-order valence-electron chi connectivity index (χ0n) is 10.9. The van der Waals surface area contributed by atoms with Gasteiger partial charge in [0.05, 0.1) is 12.5 Å². The molecule has 1 unspecified atom stereocenters. The minimum atomic E-state index is 0.534. The van der Waals surface area contributed by atoms with Crippen LogP contribution in [0, 0.1) is 0 Å². The van der Waals surface area contributed by atoms with E-state index in [2.05, 4.69) is 35.6 Å². The smallest absolute Gasteiger partial charge is 0.0935 e. The lowest BCUT2D eigenvalue weighted by Crippen LogP contribution is -2.27. The van der Waals surface area contributed by atoms with Crippen molar-refractivity contribution in [1.29, 1.82) is 0 Å². The molecule has 0 spiro atoms. The van der Waals surface area contributed by atoms with Crippen molar-refractivity contribution in [2.75, 3.05) is 7.05 Å². The van der Waals surface area contributed by atoms with E-state index >= 15 is 0 Å². The summed E-state index contributed by atoms with van der Waals surface area (Å²) in [6.45, 7) is 0. The Balaban J connectivity index is 1.74. The maximum atomic E-state index is 5.11. The van der Waals surface area contributed by atoms with Gasteiger partial charge >= 0.3 is 0 Å². The van der Waals surface area contributed by atoms with Crippen LogP contribution in [-0.4, -0.2) is 13.1 Å². The Morgan fingerprint density at radius 2 is 1.94 bits per heavy atom. The van der Waals surface area contributed by atoms with Crippen molar-refractivity contribution in [3.63, 3.8) is 0 Å². The molecule has 96 valence electrons. The maximum Gasteiger partial charge on any atom is 0.0935 e. The van der Waals surface area contributed by atoms with Gasteiger partial charge in [-0.2, -0.15) is 0 Å². The fraction of sp³-hybridized carbons (Fsp3) is 0.375. The van der Waals surface area contributed by atoms with Gasteiger partial charge in [-0.15, -0.1) is 0 Å². The molecular weight excluding hydrogens is 222 g/mol. The van der Waals surface area contributed by atoms with Gasteiger partial charge in [-0.1, -0.05) is 30.3 Å². The Hall–Kier alpha value is -1.54. The Morgan fingerprint density at radius 3 is 2.61 bits per heavy atom. The molecule has 1 N–H and O–H groups in total. The van der Waals surface area contributed by atoms with Crippen LogP contribution in [0.2, 0.25) is 0 Å². The first-order valence-corrected chi connectivity index (χ1v) is 6.61. The number of benzene rings is 1. The van der Waals surface area contributed by atoms with Gasteiger partial charge in [0.2, 0.25) is 0 Å². The van der Waals surface area contributed by atoms with Crippen molar-refractivity contribution in [2.24, 2.45) is 0 Å². The van der Waals surface area contributed by atoms with E-state index in [-0.39, 0.29) is 0 Å². The first kappa shape index (κ1) is 12.9. The maximum absolute atomic E-state index is 5.11. The monoisotopic (exact) mass is 243 g/mol. The van der Waals surface area contributed by atoms with Crippen LogP contribution >= 0.6 is 0 Å². The lowest BCUT2D eigenvalue weighted by Gasteiger charge is -2.15. The van der Waals surface area contributed by atoms with Gasteiger partial charge in [0, 0.05) is 6.04 Å². The van der Waals surface area contributed by atoms with Gasteiger partial charge in [-0.3, -0.25) is 0 Å². The van der Waals surface area contributed by atoms with Gasteiger partial charge in [-0.05, 0) is 49.9 Å². The Bertz CT molecular complexity index is 422. The highest BCUT2D eigenvalue weighted by atomic mass is 16.3. The van der Waals surface area contributed by atoms with E-state index in [4.69, 9.17) is 4.42 Å². The average Bonchev–Trinajstić information content (AvgIpc) is 2.92. The van der Waals surface area contributed by atoms with Crippen molar-refractivity contribution in [1.82, 2.24) is 5.32 Å². The van der Waals surface area contributed by atoms with E-state index in [9.17, 15) is 0 Å². The standard InChI is InChI=1S/C16H21NO/c1-17-16(12-15-10-11-18-13-15)9-5-8-14-6-3-2-4-7-14/h2-4,6-7,10-11,13,16-17H,5,8-9,12H2,1H3. The first-order valence-electron chi connectivity index (χ1n) is 6.61. The van der Waals surface area contributed by atoms with Crippen molar-refractivity contribution in [3.05, 3.63) is 60.1 Å². The molecule has 2 aromatic rings. The van der Waals surface area contributed by atoms with E-state index in [1.807, 2.05) is 19.4 Å². The minimum absolute atomic E-state index is 0.534. The molecule has 2 heteroatoms. The summed E-state index contributed by atoms with van der Waals surface area (Å²) in [6, 6.07) is 13.3. The van der Waals surface area contributed by atoms with Gasteiger partial charge in [0.15, 0.2) is 0 Å². The average molecular weight is 243 g/mol. The molecular formula is C16H21NO. The Labute approximate surface area is 109 Å². The van der Waals surface area contributed by atoms with Gasteiger partial charge < -0.3 is 9.73 Å². The molecule has 1 aromatic carbocycles. The number of hydrogen-bond acceptors (Lipinski definition) is 2. The normalized spacial score (nSPS) is 12.5. The molecule has 0 aliphatic rings. The number of furan rings is 1. The van der Waals surface area contributed by atoms with Crippen LogP contribution < -0.4 is 5.32 Å². The highest BCUT2D eigenvalue weighted by Gasteiger charge is 2.07. The van der Waals surface area contributed by atoms with Crippen molar-refractivity contribution >= 4 is 0 Å². The van der Waals surface area contributed by atoms with E-state index in [1.54, 1.807) is 6.26 Å². The number of aryl methyl sites for hydroxylation is 1. The third kappa shape index (κ3) is 4.04. The van der Waals surface area contributed by atoms with Crippen molar-refractivity contribution in [3.8, 4) is 0 Å². The molecule has 1 aromatic heterocycles. The summed E-state index contributed by atoms with van der Waals surface area (Å²) in [7, 11) is 2.03. The quantitative estimate of drug-likeness (QED) is 0.806. The largest absolute Gasteiger partial charge is 0.472 e. The summed E-state index contributed by atoms with van der Waals surface area (Å²) in [4.78, 5) is 0. The molecule has 18 heavy (non-hydrogen) atoms. The number of hydrogen-bond donors (Lipinski definition) is 1. The van der Waals surface area contributed by atoms with Gasteiger partial charge in [-0.25, -0.2) is 0 Å². The van der Waals surface area contributed by atoms with Crippen LogP contribution in [0.15, 0.2) is 53.3 Å². The van der Waals surface area contributed by atoms with Crippen LogP contribution in [0.4, 0.5) is 0 Å².